The number of amides is 1. The van der Waals surface area contributed by atoms with Crippen LogP contribution in [0.25, 0.3) is 0 Å². The molecule has 0 aromatic carbocycles. The second-order valence-electron chi connectivity index (χ2n) is 1.64. The van der Waals surface area contributed by atoms with Crippen LogP contribution >= 0.6 is 0 Å². The molecule has 2 N–H and O–H groups in total. The van der Waals surface area contributed by atoms with Crippen molar-refractivity contribution >= 4 is 11.9 Å². The van der Waals surface area contributed by atoms with Crippen molar-refractivity contribution in [2.45, 2.75) is 0 Å². The number of β-lactam (4-membered cyclic amide) rings is 1. The third kappa shape index (κ3) is 0.538. The summed E-state index contributed by atoms with van der Waals surface area (Å²) in [6.45, 7) is 0.286. The fourth-order valence-corrected chi connectivity index (χ4v) is 0.487. The third-order valence-corrected chi connectivity index (χ3v) is 1.10. The molecule has 1 amide bonds. The predicted molar refractivity (Wildman–Crippen MR) is 24.1 cm³/mol. The molecule has 1 heterocycles. The Bertz CT molecular complexity index is 134. The average Bonchev–Trinajstić information content (AvgIpc) is 1.61. The number of hydrogen-bond donors (Lipinski definition) is 2. The highest BCUT2D eigenvalue weighted by Crippen LogP contribution is 2.03. The van der Waals surface area contributed by atoms with E-state index in [0.717, 1.165) is 0 Å². The first kappa shape index (κ1) is 5.08. The van der Waals surface area contributed by atoms with Crippen molar-refractivity contribution in [3.05, 3.63) is 0 Å². The normalized spacial score (nSPS) is 26.0. The molecule has 1 fully saturated rings. The quantitative estimate of drug-likeness (QED) is 0.334. The van der Waals surface area contributed by atoms with Gasteiger partial charge in [0.15, 0.2) is 5.92 Å². The molecule has 0 aliphatic carbocycles. The summed E-state index contributed by atoms with van der Waals surface area (Å²) in [4.78, 5) is 20.1. The number of carbonyl (C=O) groups excluding carboxylic acids is 1. The summed E-state index contributed by atoms with van der Waals surface area (Å²) in [5.74, 6) is -2.19. The number of nitrogens with one attached hydrogen (secondary N) is 1. The van der Waals surface area contributed by atoms with Gasteiger partial charge in [-0.2, -0.15) is 0 Å². The molecule has 0 bridgehead atoms. The fourth-order valence-electron chi connectivity index (χ4n) is 0.487. The van der Waals surface area contributed by atoms with E-state index in [9.17, 15) is 9.59 Å². The number of carboxylic acids is 1. The first-order chi connectivity index (χ1) is 3.72. The van der Waals surface area contributed by atoms with Gasteiger partial charge in [0.2, 0.25) is 5.91 Å². The van der Waals surface area contributed by atoms with Crippen molar-refractivity contribution in [1.82, 2.24) is 5.32 Å². The number of hydrogen-bond acceptors (Lipinski definition) is 2. The highest BCUT2D eigenvalue weighted by atomic mass is 16.4. The summed E-state index contributed by atoms with van der Waals surface area (Å²) < 4.78 is 0. The Balaban J connectivity index is 2.49. The van der Waals surface area contributed by atoms with Crippen LogP contribution in [0.4, 0.5) is 0 Å². The van der Waals surface area contributed by atoms with E-state index in [1.807, 2.05) is 0 Å². The lowest BCUT2D eigenvalue weighted by Gasteiger charge is -2.20. The summed E-state index contributed by atoms with van der Waals surface area (Å²) in [6.07, 6.45) is 0. The topological polar surface area (TPSA) is 66.4 Å². The molecule has 0 saturated carbocycles. The SMILES string of the molecule is O=C(O)C1CNC1=O. The molecule has 8 heavy (non-hydrogen) atoms. The summed E-state index contributed by atoms with van der Waals surface area (Å²) in [6, 6.07) is 0. The minimum absolute atomic E-state index is 0.286. The van der Waals surface area contributed by atoms with Crippen LogP contribution in [0.1, 0.15) is 0 Å². The Hall–Kier alpha value is -1.06. The molecular weight excluding hydrogens is 110 g/mol. The number of carboxylic acid groups (broad SMARTS) is 1. The third-order valence-electron chi connectivity index (χ3n) is 1.10. The Morgan fingerprint density at radius 3 is 2.50 bits per heavy atom. The lowest BCUT2D eigenvalue weighted by atomic mass is 10.0. The van der Waals surface area contributed by atoms with Gasteiger partial charge in [-0.3, -0.25) is 9.59 Å². The van der Waals surface area contributed by atoms with Crippen LogP contribution in [0, 0.1) is 5.92 Å². The van der Waals surface area contributed by atoms with Gasteiger partial charge in [0.25, 0.3) is 0 Å². The van der Waals surface area contributed by atoms with E-state index in [1.165, 1.54) is 0 Å². The van der Waals surface area contributed by atoms with Crippen LogP contribution in [-0.2, 0) is 9.59 Å². The molecule has 1 unspecified atom stereocenters. The molecule has 44 valence electrons. The van der Waals surface area contributed by atoms with E-state index in [0.29, 0.717) is 0 Å². The fraction of sp³-hybridized carbons (Fsp3) is 0.500. The maximum atomic E-state index is 10.2. The van der Waals surface area contributed by atoms with Crippen LogP contribution in [0.5, 0.6) is 0 Å². The molecule has 0 radical (unpaired) electrons. The highest BCUT2D eigenvalue weighted by molar-refractivity contribution is 6.01. The van der Waals surface area contributed by atoms with Gasteiger partial charge in [-0.25, -0.2) is 0 Å². The maximum absolute atomic E-state index is 10.2. The van der Waals surface area contributed by atoms with Gasteiger partial charge < -0.3 is 10.4 Å². The first-order valence-electron chi connectivity index (χ1n) is 2.22. The zero-order valence-corrected chi connectivity index (χ0v) is 4.05. The van der Waals surface area contributed by atoms with E-state index in [1.54, 1.807) is 0 Å². The van der Waals surface area contributed by atoms with Gasteiger partial charge in [-0.05, 0) is 0 Å². The largest absolute Gasteiger partial charge is 0.481 e. The lowest BCUT2D eigenvalue weighted by molar-refractivity contribution is -0.151. The van der Waals surface area contributed by atoms with Crippen LogP contribution in [0.2, 0.25) is 0 Å². The van der Waals surface area contributed by atoms with Crippen LogP contribution in [0.3, 0.4) is 0 Å². The molecule has 1 aliphatic rings. The molecule has 0 aromatic heterocycles. The van der Waals surface area contributed by atoms with Gasteiger partial charge in [0.05, 0.1) is 0 Å². The number of carbonyl (C=O) groups is 2. The summed E-state index contributed by atoms with van der Waals surface area (Å²) in [7, 11) is 0. The Morgan fingerprint density at radius 2 is 2.50 bits per heavy atom. The van der Waals surface area contributed by atoms with Crippen molar-refractivity contribution in [3.63, 3.8) is 0 Å². The van der Waals surface area contributed by atoms with Crippen molar-refractivity contribution in [2.75, 3.05) is 6.54 Å². The molecule has 0 spiro atoms. The van der Waals surface area contributed by atoms with Crippen LogP contribution in [0.15, 0.2) is 0 Å². The maximum Gasteiger partial charge on any atom is 0.317 e. The van der Waals surface area contributed by atoms with E-state index < -0.39 is 11.9 Å². The smallest absolute Gasteiger partial charge is 0.317 e. The van der Waals surface area contributed by atoms with Gasteiger partial charge >= 0.3 is 5.97 Å². The molecule has 0 aromatic rings. The van der Waals surface area contributed by atoms with Crippen molar-refractivity contribution in [2.24, 2.45) is 5.92 Å². The zero-order valence-electron chi connectivity index (χ0n) is 4.05. The Labute approximate surface area is 45.5 Å². The minimum atomic E-state index is -1.03. The van der Waals surface area contributed by atoms with E-state index in [2.05, 4.69) is 5.32 Å². The van der Waals surface area contributed by atoms with Gasteiger partial charge in [0, 0.05) is 6.54 Å². The standard InChI is InChI=1S/C4H5NO3/c6-3-2(1-5-3)4(7)8/h2H,1H2,(H,5,6)(H,7,8). The second-order valence-corrected chi connectivity index (χ2v) is 1.64. The average molecular weight is 115 g/mol. The molecule has 4 heteroatoms. The molecule has 1 aliphatic heterocycles. The van der Waals surface area contributed by atoms with Crippen LogP contribution in [-0.4, -0.2) is 23.5 Å². The minimum Gasteiger partial charge on any atom is -0.481 e. The van der Waals surface area contributed by atoms with Crippen molar-refractivity contribution in [1.29, 1.82) is 0 Å². The van der Waals surface area contributed by atoms with E-state index in [4.69, 9.17) is 5.11 Å². The molecule has 4 nitrogen and oxygen atoms in total. The summed E-state index contributed by atoms with van der Waals surface area (Å²) in [5, 5.41) is 10.5. The van der Waals surface area contributed by atoms with Crippen molar-refractivity contribution in [3.8, 4) is 0 Å². The Kier molecular flexibility index (Phi) is 0.932. The first-order valence-corrected chi connectivity index (χ1v) is 2.22. The van der Waals surface area contributed by atoms with Gasteiger partial charge in [-0.15, -0.1) is 0 Å². The lowest BCUT2D eigenvalue weighted by Crippen LogP contribution is -2.52. The Morgan fingerprint density at radius 1 is 1.88 bits per heavy atom. The zero-order chi connectivity index (χ0) is 6.15. The molecule has 1 saturated heterocycles. The van der Waals surface area contributed by atoms with Crippen molar-refractivity contribution < 1.29 is 14.7 Å². The number of rotatable bonds is 1. The van der Waals surface area contributed by atoms with Crippen LogP contribution < -0.4 is 5.32 Å². The predicted octanol–water partition coefficient (Wildman–Crippen LogP) is -1.18. The molecule has 1 rings (SSSR count). The second kappa shape index (κ2) is 1.47. The number of aliphatic carboxylic acids is 1. The summed E-state index contributed by atoms with van der Waals surface area (Å²) >= 11 is 0. The van der Waals surface area contributed by atoms with Gasteiger partial charge in [-0.1, -0.05) is 0 Å². The highest BCUT2D eigenvalue weighted by Gasteiger charge is 2.34. The summed E-state index contributed by atoms with van der Waals surface area (Å²) in [5.41, 5.74) is 0. The van der Waals surface area contributed by atoms with E-state index in [-0.39, 0.29) is 12.5 Å². The monoisotopic (exact) mass is 115 g/mol. The van der Waals surface area contributed by atoms with Gasteiger partial charge in [0.1, 0.15) is 0 Å². The molecule has 1 atom stereocenters. The molecular formula is C4H5NO3. The van der Waals surface area contributed by atoms with E-state index >= 15 is 0 Å².